The van der Waals surface area contributed by atoms with Gasteiger partial charge in [0.25, 0.3) is 0 Å². The molecule has 0 radical (unpaired) electrons. The van der Waals surface area contributed by atoms with Crippen LogP contribution in [0, 0.1) is 0 Å². The van der Waals surface area contributed by atoms with E-state index in [1.54, 1.807) is 26.1 Å². The lowest BCUT2D eigenvalue weighted by Crippen LogP contribution is -2.41. The van der Waals surface area contributed by atoms with Crippen LogP contribution in [0.15, 0.2) is 24.3 Å². The first-order chi connectivity index (χ1) is 8.99. The lowest BCUT2D eigenvalue weighted by Gasteiger charge is -2.25. The molecule has 0 aliphatic heterocycles. The van der Waals surface area contributed by atoms with Crippen LogP contribution in [0.3, 0.4) is 0 Å². The molecule has 20 heavy (non-hydrogen) atoms. The smallest absolute Gasteiger partial charge is 0.412 e. The highest BCUT2D eigenvalue weighted by molar-refractivity contribution is 5.68. The van der Waals surface area contributed by atoms with Crippen molar-refractivity contribution >= 4 is 6.09 Å². The third kappa shape index (κ3) is 4.99. The van der Waals surface area contributed by atoms with E-state index < -0.39 is 23.9 Å². The topological polar surface area (TPSA) is 58.6 Å². The maximum atomic E-state index is 13.0. The number of rotatable bonds is 2. The highest BCUT2D eigenvalue weighted by Gasteiger charge is 2.42. The van der Waals surface area contributed by atoms with Crippen LogP contribution in [0.1, 0.15) is 32.4 Å². The number of halogens is 3. The van der Waals surface area contributed by atoms with E-state index in [0.717, 1.165) is 24.3 Å². The van der Waals surface area contributed by atoms with Gasteiger partial charge in [0.2, 0.25) is 0 Å². The normalized spacial score (nSPS) is 13.7. The van der Waals surface area contributed by atoms with Crippen molar-refractivity contribution in [2.75, 3.05) is 0 Å². The molecular weight excluding hydrogens is 275 g/mol. The van der Waals surface area contributed by atoms with Crippen molar-refractivity contribution in [3.8, 4) is 5.75 Å². The first-order valence-electron chi connectivity index (χ1n) is 5.84. The summed E-state index contributed by atoms with van der Waals surface area (Å²) in [4.78, 5) is 11.5. The molecule has 1 rings (SSSR count). The molecule has 0 fully saturated rings. The van der Waals surface area contributed by atoms with Gasteiger partial charge in [-0.25, -0.2) is 4.79 Å². The van der Waals surface area contributed by atoms with Gasteiger partial charge in [0.1, 0.15) is 11.4 Å². The van der Waals surface area contributed by atoms with Gasteiger partial charge in [-0.3, -0.25) is 0 Å². The molecule has 0 aromatic heterocycles. The molecule has 0 aliphatic carbocycles. The van der Waals surface area contributed by atoms with Crippen LogP contribution in [0.25, 0.3) is 0 Å². The van der Waals surface area contributed by atoms with Gasteiger partial charge in [0.05, 0.1) is 0 Å². The summed E-state index contributed by atoms with van der Waals surface area (Å²) in [5.41, 5.74) is -1.09. The number of hydrogen-bond acceptors (Lipinski definition) is 3. The highest BCUT2D eigenvalue weighted by Crippen LogP contribution is 2.33. The second-order valence-electron chi connectivity index (χ2n) is 5.21. The standard InChI is InChI=1S/C13H16F3NO3/c1-12(2,3)20-11(19)17-10(13(14,15)16)8-4-6-9(18)7-5-8/h4-7,10,18H,1-3H3,(H,17,19)/t10-/m0/s1. The largest absolute Gasteiger partial charge is 0.508 e. The number of alkyl halides is 3. The Morgan fingerprint density at radius 1 is 1.20 bits per heavy atom. The van der Waals surface area contributed by atoms with Crippen LogP contribution >= 0.6 is 0 Å². The molecule has 1 aromatic rings. The molecule has 0 saturated carbocycles. The molecule has 1 aromatic carbocycles. The van der Waals surface area contributed by atoms with Gasteiger partial charge in [-0.15, -0.1) is 0 Å². The zero-order valence-corrected chi connectivity index (χ0v) is 11.3. The summed E-state index contributed by atoms with van der Waals surface area (Å²) in [5.74, 6) is -0.160. The Morgan fingerprint density at radius 2 is 1.70 bits per heavy atom. The van der Waals surface area contributed by atoms with Gasteiger partial charge in [-0.1, -0.05) is 12.1 Å². The Kier molecular flexibility index (Phi) is 4.52. The molecule has 2 N–H and O–H groups in total. The van der Waals surface area contributed by atoms with Crippen LogP contribution in [0.2, 0.25) is 0 Å². The second kappa shape index (κ2) is 5.60. The van der Waals surface area contributed by atoms with E-state index in [0.29, 0.717) is 0 Å². The molecule has 1 amide bonds. The summed E-state index contributed by atoms with van der Waals surface area (Å²) in [7, 11) is 0. The van der Waals surface area contributed by atoms with Crippen molar-refractivity contribution in [3.63, 3.8) is 0 Å². The number of benzene rings is 1. The molecule has 0 heterocycles. The van der Waals surface area contributed by atoms with Gasteiger partial charge in [-0.05, 0) is 38.5 Å². The van der Waals surface area contributed by atoms with Crippen molar-refractivity contribution in [2.45, 2.75) is 38.6 Å². The molecular formula is C13H16F3NO3. The SMILES string of the molecule is CC(C)(C)OC(=O)N[C@@H](c1ccc(O)cc1)C(F)(F)F. The minimum Gasteiger partial charge on any atom is -0.508 e. The lowest BCUT2D eigenvalue weighted by atomic mass is 10.1. The van der Waals surface area contributed by atoms with Gasteiger partial charge in [0.15, 0.2) is 6.04 Å². The quantitative estimate of drug-likeness (QED) is 0.876. The zero-order valence-electron chi connectivity index (χ0n) is 11.3. The van der Waals surface area contributed by atoms with E-state index in [1.165, 1.54) is 0 Å². The molecule has 0 saturated heterocycles. The summed E-state index contributed by atoms with van der Waals surface area (Å²) < 4.78 is 43.7. The maximum Gasteiger partial charge on any atom is 0.412 e. The van der Waals surface area contributed by atoms with E-state index in [9.17, 15) is 18.0 Å². The van der Waals surface area contributed by atoms with Crippen molar-refractivity contribution in [1.29, 1.82) is 0 Å². The number of carbonyl (C=O) groups is 1. The molecule has 0 bridgehead atoms. The Balaban J connectivity index is 2.92. The molecule has 0 aliphatic rings. The van der Waals surface area contributed by atoms with E-state index in [4.69, 9.17) is 9.84 Å². The number of alkyl carbamates (subject to hydrolysis) is 1. The first-order valence-corrected chi connectivity index (χ1v) is 5.84. The Labute approximate surface area is 114 Å². The Bertz CT molecular complexity index is 463. The summed E-state index contributed by atoms with van der Waals surface area (Å²) in [6.07, 6.45) is -5.83. The predicted octanol–water partition coefficient (Wildman–Crippen LogP) is 3.52. The number of hydrogen-bond donors (Lipinski definition) is 2. The molecule has 4 nitrogen and oxygen atoms in total. The van der Waals surface area contributed by atoms with Crippen molar-refractivity contribution in [1.82, 2.24) is 5.32 Å². The van der Waals surface area contributed by atoms with Crippen LogP contribution in [-0.4, -0.2) is 23.0 Å². The fourth-order valence-electron chi connectivity index (χ4n) is 1.45. The van der Waals surface area contributed by atoms with Crippen LogP contribution in [0.4, 0.5) is 18.0 Å². The average molecular weight is 291 g/mol. The summed E-state index contributed by atoms with van der Waals surface area (Å²) in [6.45, 7) is 4.65. The summed E-state index contributed by atoms with van der Waals surface area (Å²) >= 11 is 0. The first kappa shape index (κ1) is 16.1. The number of phenolic OH excluding ortho intramolecular Hbond substituents is 1. The maximum absolute atomic E-state index is 13.0. The number of carbonyl (C=O) groups excluding carboxylic acids is 1. The van der Waals surface area contributed by atoms with Crippen LogP contribution in [-0.2, 0) is 4.74 Å². The molecule has 1 atom stereocenters. The van der Waals surface area contributed by atoms with Crippen molar-refractivity contribution in [2.24, 2.45) is 0 Å². The van der Waals surface area contributed by atoms with Crippen molar-refractivity contribution < 1.29 is 27.8 Å². The van der Waals surface area contributed by atoms with E-state index in [2.05, 4.69) is 0 Å². The summed E-state index contributed by atoms with van der Waals surface area (Å²) in [6, 6.07) is 2.21. The molecule has 7 heteroatoms. The third-order valence-electron chi connectivity index (χ3n) is 2.21. The average Bonchev–Trinajstić information content (AvgIpc) is 2.23. The number of nitrogens with one attached hydrogen (secondary N) is 1. The molecule has 0 unspecified atom stereocenters. The summed E-state index contributed by atoms with van der Waals surface area (Å²) in [5, 5.41) is 10.9. The molecule has 112 valence electrons. The third-order valence-corrected chi connectivity index (χ3v) is 2.21. The van der Waals surface area contributed by atoms with Gasteiger partial charge in [0, 0.05) is 0 Å². The number of amides is 1. The predicted molar refractivity (Wildman–Crippen MR) is 66.3 cm³/mol. The van der Waals surface area contributed by atoms with E-state index in [-0.39, 0.29) is 11.3 Å². The Hall–Kier alpha value is -1.92. The van der Waals surface area contributed by atoms with E-state index >= 15 is 0 Å². The number of ether oxygens (including phenoxy) is 1. The van der Waals surface area contributed by atoms with Crippen molar-refractivity contribution in [3.05, 3.63) is 29.8 Å². The second-order valence-corrected chi connectivity index (χ2v) is 5.21. The fourth-order valence-corrected chi connectivity index (χ4v) is 1.45. The van der Waals surface area contributed by atoms with Crippen LogP contribution in [0.5, 0.6) is 5.75 Å². The number of aromatic hydroxyl groups is 1. The van der Waals surface area contributed by atoms with Gasteiger partial charge < -0.3 is 15.2 Å². The monoisotopic (exact) mass is 291 g/mol. The molecule has 0 spiro atoms. The number of phenols is 1. The zero-order chi connectivity index (χ0) is 15.6. The van der Waals surface area contributed by atoms with Gasteiger partial charge >= 0.3 is 12.3 Å². The Morgan fingerprint density at radius 3 is 2.10 bits per heavy atom. The minimum atomic E-state index is -4.67. The lowest BCUT2D eigenvalue weighted by molar-refractivity contribution is -0.156. The fraction of sp³-hybridized carbons (Fsp3) is 0.462. The van der Waals surface area contributed by atoms with Gasteiger partial charge in [-0.2, -0.15) is 13.2 Å². The highest BCUT2D eigenvalue weighted by atomic mass is 19.4. The minimum absolute atomic E-state index is 0.160. The van der Waals surface area contributed by atoms with Crippen LogP contribution < -0.4 is 5.32 Å². The van der Waals surface area contributed by atoms with E-state index in [1.807, 2.05) is 0 Å².